The number of aryl methyl sites for hydroxylation is 1. The van der Waals surface area contributed by atoms with Gasteiger partial charge in [0.1, 0.15) is 5.82 Å². The molecule has 0 amide bonds. The lowest BCUT2D eigenvalue weighted by molar-refractivity contribution is 0.0673. The SMILES string of the molecule is Cc1[nH]c(-c2ccccc2C(C)(C)C)nc1C(C)(C(c1ccccc1)c1ccccc1)N1CCNCC1.Cl.Cl.Cl. The van der Waals surface area contributed by atoms with Crippen molar-refractivity contribution in [3.05, 3.63) is 113 Å². The number of aromatic nitrogens is 2. The van der Waals surface area contributed by atoms with Crippen molar-refractivity contribution >= 4 is 37.2 Å². The van der Waals surface area contributed by atoms with Crippen molar-refractivity contribution < 1.29 is 0 Å². The van der Waals surface area contributed by atoms with Crippen LogP contribution in [-0.4, -0.2) is 41.0 Å². The number of hydrogen-bond donors (Lipinski definition) is 2. The molecule has 1 aromatic heterocycles. The summed E-state index contributed by atoms with van der Waals surface area (Å²) in [6, 6.07) is 30.6. The fourth-order valence-electron chi connectivity index (χ4n) is 6.16. The third-order valence-corrected chi connectivity index (χ3v) is 7.96. The molecule has 0 saturated carbocycles. The number of nitrogens with one attached hydrogen (secondary N) is 2. The molecule has 0 bridgehead atoms. The van der Waals surface area contributed by atoms with E-state index in [0.717, 1.165) is 43.4 Å². The van der Waals surface area contributed by atoms with Crippen molar-refractivity contribution in [2.45, 2.75) is 51.5 Å². The van der Waals surface area contributed by atoms with Gasteiger partial charge in [-0.25, -0.2) is 4.98 Å². The molecule has 5 rings (SSSR count). The van der Waals surface area contributed by atoms with Crippen molar-refractivity contribution in [3.8, 4) is 11.4 Å². The van der Waals surface area contributed by atoms with Gasteiger partial charge in [-0.15, -0.1) is 37.2 Å². The van der Waals surface area contributed by atoms with E-state index in [1.165, 1.54) is 22.3 Å². The molecule has 7 heteroatoms. The molecule has 0 aliphatic carbocycles. The molecule has 40 heavy (non-hydrogen) atoms. The van der Waals surface area contributed by atoms with Gasteiger partial charge >= 0.3 is 0 Å². The first kappa shape index (κ1) is 33.9. The van der Waals surface area contributed by atoms with Crippen molar-refractivity contribution in [1.29, 1.82) is 0 Å². The van der Waals surface area contributed by atoms with Gasteiger partial charge in [0, 0.05) is 43.4 Å². The van der Waals surface area contributed by atoms with Crippen molar-refractivity contribution in [1.82, 2.24) is 20.2 Å². The Morgan fingerprint density at radius 1 is 0.725 bits per heavy atom. The minimum absolute atomic E-state index is 0. The predicted octanol–water partition coefficient (Wildman–Crippen LogP) is 7.90. The Labute approximate surface area is 258 Å². The fourth-order valence-corrected chi connectivity index (χ4v) is 6.16. The highest BCUT2D eigenvalue weighted by molar-refractivity contribution is 5.86. The Morgan fingerprint density at radius 2 is 1.23 bits per heavy atom. The van der Waals surface area contributed by atoms with Gasteiger partial charge in [-0.05, 0) is 36.0 Å². The van der Waals surface area contributed by atoms with Gasteiger partial charge in [-0.2, -0.15) is 0 Å². The van der Waals surface area contributed by atoms with E-state index in [-0.39, 0.29) is 54.1 Å². The molecule has 0 spiro atoms. The minimum atomic E-state index is -0.347. The summed E-state index contributed by atoms with van der Waals surface area (Å²) < 4.78 is 0. The topological polar surface area (TPSA) is 44.0 Å². The average molecular weight is 602 g/mol. The van der Waals surface area contributed by atoms with Crippen LogP contribution in [0.5, 0.6) is 0 Å². The first-order chi connectivity index (χ1) is 17.8. The second kappa shape index (κ2) is 14.0. The molecule has 2 heterocycles. The molecular formula is C33H43Cl3N4. The zero-order valence-electron chi connectivity index (χ0n) is 24.1. The Morgan fingerprint density at radius 3 is 1.75 bits per heavy atom. The maximum absolute atomic E-state index is 5.46. The molecule has 1 unspecified atom stereocenters. The smallest absolute Gasteiger partial charge is 0.138 e. The zero-order chi connectivity index (χ0) is 26.0. The van der Waals surface area contributed by atoms with Crippen molar-refractivity contribution in [2.75, 3.05) is 26.2 Å². The first-order valence-corrected chi connectivity index (χ1v) is 13.5. The molecule has 4 aromatic rings. The molecule has 1 fully saturated rings. The van der Waals surface area contributed by atoms with Crippen LogP contribution in [0.2, 0.25) is 0 Å². The van der Waals surface area contributed by atoms with Gasteiger partial charge < -0.3 is 10.3 Å². The Hall–Kier alpha value is -2.34. The normalized spacial score (nSPS) is 15.3. The van der Waals surface area contributed by atoms with E-state index < -0.39 is 0 Å². The largest absolute Gasteiger partial charge is 0.342 e. The number of imidazole rings is 1. The number of benzene rings is 3. The van der Waals surface area contributed by atoms with Gasteiger partial charge in [0.2, 0.25) is 0 Å². The van der Waals surface area contributed by atoms with E-state index in [0.29, 0.717) is 0 Å². The van der Waals surface area contributed by atoms with Crippen LogP contribution in [0, 0.1) is 6.92 Å². The molecule has 1 aliphatic rings. The number of hydrogen-bond acceptors (Lipinski definition) is 3. The van der Waals surface area contributed by atoms with E-state index in [4.69, 9.17) is 4.98 Å². The quantitative estimate of drug-likeness (QED) is 0.236. The summed E-state index contributed by atoms with van der Waals surface area (Å²) in [5.41, 5.74) is 7.06. The number of halogens is 3. The highest BCUT2D eigenvalue weighted by atomic mass is 35.5. The van der Waals surface area contributed by atoms with Crippen LogP contribution in [0.1, 0.15) is 61.7 Å². The van der Waals surface area contributed by atoms with Gasteiger partial charge in [0.25, 0.3) is 0 Å². The molecule has 1 aliphatic heterocycles. The number of piperazine rings is 1. The van der Waals surface area contributed by atoms with Gasteiger partial charge in [0.05, 0.1) is 11.2 Å². The fraction of sp³-hybridized carbons (Fsp3) is 0.364. The maximum Gasteiger partial charge on any atom is 0.138 e. The Kier molecular flexibility index (Phi) is 11.9. The lowest BCUT2D eigenvalue weighted by atomic mass is 9.72. The summed E-state index contributed by atoms with van der Waals surface area (Å²) >= 11 is 0. The summed E-state index contributed by atoms with van der Waals surface area (Å²) in [4.78, 5) is 11.8. The highest BCUT2D eigenvalue weighted by Crippen LogP contribution is 2.47. The van der Waals surface area contributed by atoms with E-state index in [1.807, 2.05) is 0 Å². The van der Waals surface area contributed by atoms with Crippen molar-refractivity contribution in [3.63, 3.8) is 0 Å². The van der Waals surface area contributed by atoms with Crippen LogP contribution < -0.4 is 5.32 Å². The van der Waals surface area contributed by atoms with E-state index in [9.17, 15) is 0 Å². The van der Waals surface area contributed by atoms with Gasteiger partial charge in [-0.1, -0.05) is 106 Å². The van der Waals surface area contributed by atoms with Crippen LogP contribution in [-0.2, 0) is 11.0 Å². The molecular weight excluding hydrogens is 559 g/mol. The highest BCUT2D eigenvalue weighted by Gasteiger charge is 2.46. The summed E-state index contributed by atoms with van der Waals surface area (Å²) in [7, 11) is 0. The van der Waals surface area contributed by atoms with E-state index in [1.54, 1.807) is 0 Å². The first-order valence-electron chi connectivity index (χ1n) is 13.5. The van der Waals surface area contributed by atoms with E-state index in [2.05, 4.69) is 135 Å². The summed E-state index contributed by atoms with van der Waals surface area (Å²) in [5.74, 6) is 1.08. The average Bonchev–Trinajstić information content (AvgIpc) is 3.32. The molecule has 0 radical (unpaired) electrons. The molecule has 1 atom stereocenters. The Bertz CT molecular complexity index is 1290. The summed E-state index contributed by atoms with van der Waals surface area (Å²) in [6.07, 6.45) is 0. The number of rotatable bonds is 6. The molecule has 1 saturated heterocycles. The molecule has 4 nitrogen and oxygen atoms in total. The zero-order valence-corrected chi connectivity index (χ0v) is 26.6. The maximum atomic E-state index is 5.46. The van der Waals surface area contributed by atoms with Crippen LogP contribution in [0.15, 0.2) is 84.9 Å². The number of H-pyrrole nitrogens is 1. The standard InChI is InChI=1S/C33H40N4.3ClH/c1-24-30(36-31(35-24)27-18-12-13-19-28(27)32(2,3)4)33(5,37-22-20-34-21-23-37)29(25-14-8-6-9-15-25)26-16-10-7-11-17-26;;;/h6-19,29,34H,20-23H2,1-5H3,(H,35,36);3*1H. The Balaban J connectivity index is 0.00000187. The van der Waals surface area contributed by atoms with Crippen LogP contribution >= 0.6 is 37.2 Å². The van der Waals surface area contributed by atoms with E-state index >= 15 is 0 Å². The second-order valence-corrected chi connectivity index (χ2v) is 11.5. The monoisotopic (exact) mass is 600 g/mol. The summed E-state index contributed by atoms with van der Waals surface area (Å²) in [6.45, 7) is 15.3. The van der Waals surface area contributed by atoms with Crippen LogP contribution in [0.25, 0.3) is 11.4 Å². The third-order valence-electron chi connectivity index (χ3n) is 7.96. The molecule has 216 valence electrons. The molecule has 2 N–H and O–H groups in total. The number of aromatic amines is 1. The summed E-state index contributed by atoms with van der Waals surface area (Å²) in [5, 5.41) is 3.56. The van der Waals surface area contributed by atoms with Gasteiger partial charge in [-0.3, -0.25) is 4.90 Å². The predicted molar refractivity (Wildman–Crippen MR) is 176 cm³/mol. The second-order valence-electron chi connectivity index (χ2n) is 11.5. The molecule has 3 aromatic carbocycles. The number of nitrogens with zero attached hydrogens (tertiary/aromatic N) is 2. The van der Waals surface area contributed by atoms with Crippen molar-refractivity contribution in [2.24, 2.45) is 0 Å². The van der Waals surface area contributed by atoms with Crippen LogP contribution in [0.3, 0.4) is 0 Å². The lowest BCUT2D eigenvalue weighted by Gasteiger charge is -2.48. The lowest BCUT2D eigenvalue weighted by Crippen LogP contribution is -2.56. The third kappa shape index (κ3) is 6.58. The van der Waals surface area contributed by atoms with Crippen LogP contribution in [0.4, 0.5) is 0 Å². The van der Waals surface area contributed by atoms with Gasteiger partial charge in [0.15, 0.2) is 0 Å². The minimum Gasteiger partial charge on any atom is -0.342 e.